The Kier molecular flexibility index (Phi) is 3.28. The van der Waals surface area contributed by atoms with Crippen LogP contribution in [0.1, 0.15) is 25.5 Å². The van der Waals surface area contributed by atoms with Crippen molar-refractivity contribution in [1.29, 1.82) is 0 Å². The zero-order chi connectivity index (χ0) is 12.3. The van der Waals surface area contributed by atoms with Gasteiger partial charge in [0.1, 0.15) is 0 Å². The van der Waals surface area contributed by atoms with Crippen LogP contribution in [0.2, 0.25) is 0 Å². The number of hydrogen-bond donors (Lipinski definition) is 1. The average Bonchev–Trinajstić information content (AvgIpc) is 2.82. The SMILES string of the molecule is CC(=O)NC(C)c1cccc(-n2cccc2)c1. The van der Waals surface area contributed by atoms with Crippen molar-refractivity contribution in [2.45, 2.75) is 19.9 Å². The van der Waals surface area contributed by atoms with Crippen LogP contribution >= 0.6 is 0 Å². The molecule has 1 atom stereocenters. The molecule has 1 aromatic heterocycles. The summed E-state index contributed by atoms with van der Waals surface area (Å²) in [7, 11) is 0. The predicted octanol–water partition coefficient (Wildman–Crippen LogP) is 2.67. The van der Waals surface area contributed by atoms with E-state index in [9.17, 15) is 4.79 Å². The van der Waals surface area contributed by atoms with Gasteiger partial charge in [0.15, 0.2) is 0 Å². The average molecular weight is 228 g/mol. The lowest BCUT2D eigenvalue weighted by molar-refractivity contribution is -0.119. The van der Waals surface area contributed by atoms with Crippen molar-refractivity contribution in [1.82, 2.24) is 9.88 Å². The van der Waals surface area contributed by atoms with Gasteiger partial charge in [0.2, 0.25) is 5.91 Å². The second kappa shape index (κ2) is 4.87. The summed E-state index contributed by atoms with van der Waals surface area (Å²) >= 11 is 0. The monoisotopic (exact) mass is 228 g/mol. The van der Waals surface area contributed by atoms with E-state index in [1.54, 1.807) is 0 Å². The number of aromatic nitrogens is 1. The van der Waals surface area contributed by atoms with Crippen molar-refractivity contribution in [2.24, 2.45) is 0 Å². The number of hydrogen-bond acceptors (Lipinski definition) is 1. The van der Waals surface area contributed by atoms with Crippen LogP contribution in [0.25, 0.3) is 5.69 Å². The smallest absolute Gasteiger partial charge is 0.217 e. The van der Waals surface area contributed by atoms with Gasteiger partial charge in [-0.05, 0) is 36.8 Å². The highest BCUT2D eigenvalue weighted by Crippen LogP contribution is 2.16. The van der Waals surface area contributed by atoms with Crippen molar-refractivity contribution < 1.29 is 4.79 Å². The van der Waals surface area contributed by atoms with Gasteiger partial charge in [0, 0.05) is 25.0 Å². The third kappa shape index (κ3) is 2.75. The fourth-order valence-corrected chi connectivity index (χ4v) is 1.85. The Balaban J connectivity index is 2.25. The van der Waals surface area contributed by atoms with E-state index in [1.165, 1.54) is 6.92 Å². The Morgan fingerprint density at radius 1 is 1.24 bits per heavy atom. The normalized spacial score (nSPS) is 12.1. The van der Waals surface area contributed by atoms with Gasteiger partial charge >= 0.3 is 0 Å². The number of amides is 1. The largest absolute Gasteiger partial charge is 0.350 e. The molecule has 3 heteroatoms. The molecule has 17 heavy (non-hydrogen) atoms. The van der Waals surface area contributed by atoms with Crippen LogP contribution in [0.5, 0.6) is 0 Å². The van der Waals surface area contributed by atoms with Gasteiger partial charge in [-0.1, -0.05) is 12.1 Å². The summed E-state index contributed by atoms with van der Waals surface area (Å²) in [6.45, 7) is 3.52. The second-order valence-electron chi connectivity index (χ2n) is 4.11. The molecule has 3 nitrogen and oxygen atoms in total. The first kappa shape index (κ1) is 11.5. The lowest BCUT2D eigenvalue weighted by Crippen LogP contribution is -2.23. The summed E-state index contributed by atoms with van der Waals surface area (Å²) < 4.78 is 2.05. The molecule has 88 valence electrons. The van der Waals surface area contributed by atoms with Crippen LogP contribution in [-0.4, -0.2) is 10.5 Å². The van der Waals surface area contributed by atoms with Gasteiger partial charge in [-0.15, -0.1) is 0 Å². The molecule has 0 aliphatic heterocycles. The van der Waals surface area contributed by atoms with Crippen LogP contribution < -0.4 is 5.32 Å². The minimum Gasteiger partial charge on any atom is -0.350 e. The number of carbonyl (C=O) groups is 1. The highest BCUT2D eigenvalue weighted by atomic mass is 16.1. The van der Waals surface area contributed by atoms with Crippen molar-refractivity contribution in [3.63, 3.8) is 0 Å². The summed E-state index contributed by atoms with van der Waals surface area (Å²) in [5.74, 6) is -0.0103. The third-order valence-electron chi connectivity index (χ3n) is 2.69. The van der Waals surface area contributed by atoms with Crippen molar-refractivity contribution in [3.8, 4) is 5.69 Å². The summed E-state index contributed by atoms with van der Waals surface area (Å²) in [5, 5.41) is 2.88. The van der Waals surface area contributed by atoms with Crippen LogP contribution in [0.3, 0.4) is 0 Å². The molecule has 0 aliphatic carbocycles. The van der Waals surface area contributed by atoms with Gasteiger partial charge in [-0.2, -0.15) is 0 Å². The molecular formula is C14H16N2O. The lowest BCUT2D eigenvalue weighted by atomic mass is 10.1. The predicted molar refractivity (Wildman–Crippen MR) is 68.0 cm³/mol. The minimum absolute atomic E-state index is 0.0103. The Labute approximate surface area is 101 Å². The number of nitrogens with one attached hydrogen (secondary N) is 1. The van der Waals surface area contributed by atoms with Crippen molar-refractivity contribution >= 4 is 5.91 Å². The van der Waals surface area contributed by atoms with E-state index in [1.807, 2.05) is 54.2 Å². The van der Waals surface area contributed by atoms with Crippen molar-refractivity contribution in [2.75, 3.05) is 0 Å². The molecule has 0 aliphatic rings. The summed E-state index contributed by atoms with van der Waals surface area (Å²) in [4.78, 5) is 11.0. The summed E-state index contributed by atoms with van der Waals surface area (Å²) in [5.41, 5.74) is 2.20. The lowest BCUT2D eigenvalue weighted by Gasteiger charge is -2.14. The molecule has 0 fully saturated rings. The van der Waals surface area contributed by atoms with E-state index in [0.29, 0.717) is 0 Å². The van der Waals surface area contributed by atoms with E-state index in [4.69, 9.17) is 0 Å². The first-order valence-corrected chi connectivity index (χ1v) is 5.67. The second-order valence-corrected chi connectivity index (χ2v) is 4.11. The van der Waals surface area contributed by atoms with Crippen LogP contribution in [0.4, 0.5) is 0 Å². The standard InChI is InChI=1S/C14H16N2O/c1-11(15-12(2)17)13-6-5-7-14(10-13)16-8-3-4-9-16/h3-11H,1-2H3,(H,15,17). The molecule has 1 N–H and O–H groups in total. The Hall–Kier alpha value is -2.03. The maximum Gasteiger partial charge on any atom is 0.217 e. The summed E-state index contributed by atoms with van der Waals surface area (Å²) in [6, 6.07) is 12.2. The third-order valence-corrected chi connectivity index (χ3v) is 2.69. The van der Waals surface area contributed by atoms with Gasteiger partial charge in [-0.25, -0.2) is 0 Å². The molecule has 1 amide bonds. The molecule has 1 unspecified atom stereocenters. The maximum atomic E-state index is 11.0. The first-order valence-electron chi connectivity index (χ1n) is 5.67. The highest BCUT2D eigenvalue weighted by Gasteiger charge is 2.07. The number of rotatable bonds is 3. The zero-order valence-corrected chi connectivity index (χ0v) is 10.1. The van der Waals surface area contributed by atoms with Crippen molar-refractivity contribution in [3.05, 3.63) is 54.4 Å². The van der Waals surface area contributed by atoms with E-state index in [-0.39, 0.29) is 11.9 Å². The number of carbonyl (C=O) groups excluding carboxylic acids is 1. The molecular weight excluding hydrogens is 212 g/mol. The highest BCUT2D eigenvalue weighted by molar-refractivity contribution is 5.73. The van der Waals surface area contributed by atoms with Gasteiger partial charge in [0.25, 0.3) is 0 Å². The number of benzene rings is 1. The fourth-order valence-electron chi connectivity index (χ4n) is 1.85. The zero-order valence-electron chi connectivity index (χ0n) is 10.1. The van der Waals surface area contributed by atoms with Crippen LogP contribution in [-0.2, 0) is 4.79 Å². The Morgan fingerprint density at radius 2 is 1.94 bits per heavy atom. The van der Waals surface area contributed by atoms with E-state index < -0.39 is 0 Å². The molecule has 1 heterocycles. The molecule has 1 aromatic carbocycles. The first-order chi connectivity index (χ1) is 8.16. The summed E-state index contributed by atoms with van der Waals surface area (Å²) in [6.07, 6.45) is 4.00. The molecule has 2 rings (SSSR count). The van der Waals surface area contributed by atoms with Crippen LogP contribution in [0.15, 0.2) is 48.8 Å². The maximum absolute atomic E-state index is 11.0. The van der Waals surface area contributed by atoms with E-state index in [2.05, 4.69) is 11.4 Å². The van der Waals surface area contributed by atoms with Gasteiger partial charge in [0.05, 0.1) is 6.04 Å². The minimum atomic E-state index is -0.0103. The quantitative estimate of drug-likeness (QED) is 0.861. The Morgan fingerprint density at radius 3 is 2.59 bits per heavy atom. The number of nitrogens with zero attached hydrogens (tertiary/aromatic N) is 1. The fraction of sp³-hybridized carbons (Fsp3) is 0.214. The molecule has 0 saturated carbocycles. The molecule has 2 aromatic rings. The molecule has 0 saturated heterocycles. The molecule has 0 bridgehead atoms. The van der Waals surface area contributed by atoms with Gasteiger partial charge in [-0.3, -0.25) is 4.79 Å². The molecule has 0 radical (unpaired) electrons. The topological polar surface area (TPSA) is 34.0 Å². The van der Waals surface area contributed by atoms with E-state index >= 15 is 0 Å². The molecule has 0 spiro atoms. The Bertz CT molecular complexity index is 503. The van der Waals surface area contributed by atoms with E-state index in [0.717, 1.165) is 11.3 Å². The van der Waals surface area contributed by atoms with Crippen LogP contribution in [0, 0.1) is 0 Å². The van der Waals surface area contributed by atoms with Gasteiger partial charge < -0.3 is 9.88 Å².